The van der Waals surface area contributed by atoms with Gasteiger partial charge in [0.2, 0.25) is 0 Å². The van der Waals surface area contributed by atoms with Gasteiger partial charge < -0.3 is 4.52 Å². The Kier molecular flexibility index (Phi) is 4.06. The van der Waals surface area contributed by atoms with Crippen LogP contribution in [0.4, 0.5) is 0 Å². The molecule has 3 heterocycles. The first-order chi connectivity index (χ1) is 9.69. The molecule has 2 aromatic heterocycles. The number of rotatable bonds is 2. The molecule has 3 unspecified atom stereocenters. The Hall–Kier alpha value is -0.970. The lowest BCUT2D eigenvalue weighted by atomic mass is 10.3. The molecule has 2 aromatic rings. The fourth-order valence-corrected chi connectivity index (χ4v) is 5.54. The number of nitriles is 1. The maximum Gasteiger partial charge on any atom is 0.269 e. The minimum absolute atomic E-state index is 0.272. The van der Waals surface area contributed by atoms with Gasteiger partial charge in [0.05, 0.1) is 10.8 Å². The van der Waals surface area contributed by atoms with Crippen molar-refractivity contribution < 1.29 is 4.52 Å². The summed E-state index contributed by atoms with van der Waals surface area (Å²) in [5, 5.41) is 16.5. The zero-order valence-corrected chi connectivity index (χ0v) is 13.5. The normalized spacial score (nSPS) is 26.4. The minimum Gasteiger partial charge on any atom is -0.333 e. The van der Waals surface area contributed by atoms with Crippen LogP contribution < -0.4 is 0 Å². The molecular weight excluding hydrogens is 310 g/mol. The highest BCUT2D eigenvalue weighted by atomic mass is 32.2. The van der Waals surface area contributed by atoms with Crippen LogP contribution in [0.15, 0.2) is 16.0 Å². The second kappa shape index (κ2) is 5.80. The molecule has 1 fully saturated rings. The highest BCUT2D eigenvalue weighted by Gasteiger charge is 2.30. The van der Waals surface area contributed by atoms with E-state index < -0.39 is 0 Å². The van der Waals surface area contributed by atoms with E-state index in [1.165, 1.54) is 11.3 Å². The summed E-state index contributed by atoms with van der Waals surface area (Å²) in [6, 6.07) is 3.93. The standard InChI is InChI=1S/C13H13N3OS3/c1-7-8(2)20-10(6-19-7)12-15-13(17-16-12)11-9(5-14)3-4-18-11/h3-4,7-8,10H,6H2,1-2H3. The highest BCUT2D eigenvalue weighted by molar-refractivity contribution is 8.07. The number of nitrogens with zero attached hydrogens (tertiary/aromatic N) is 3. The summed E-state index contributed by atoms with van der Waals surface area (Å²) in [7, 11) is 0. The first kappa shape index (κ1) is 14.0. The monoisotopic (exact) mass is 323 g/mol. The van der Waals surface area contributed by atoms with Gasteiger partial charge in [0.15, 0.2) is 5.82 Å². The van der Waals surface area contributed by atoms with Crippen LogP contribution in [0, 0.1) is 11.3 Å². The Morgan fingerprint density at radius 1 is 1.40 bits per heavy atom. The molecular formula is C13H13N3OS3. The van der Waals surface area contributed by atoms with Crippen molar-refractivity contribution in [2.45, 2.75) is 29.6 Å². The molecule has 7 heteroatoms. The largest absolute Gasteiger partial charge is 0.333 e. The van der Waals surface area contributed by atoms with Crippen molar-refractivity contribution >= 4 is 34.9 Å². The van der Waals surface area contributed by atoms with Crippen molar-refractivity contribution in [3.63, 3.8) is 0 Å². The smallest absolute Gasteiger partial charge is 0.269 e. The summed E-state index contributed by atoms with van der Waals surface area (Å²) < 4.78 is 5.34. The van der Waals surface area contributed by atoms with Crippen LogP contribution in [0.3, 0.4) is 0 Å². The van der Waals surface area contributed by atoms with Gasteiger partial charge in [-0.1, -0.05) is 19.0 Å². The van der Waals surface area contributed by atoms with E-state index in [9.17, 15) is 0 Å². The Labute approximate surface area is 130 Å². The van der Waals surface area contributed by atoms with Gasteiger partial charge in [-0.05, 0) is 11.4 Å². The maximum absolute atomic E-state index is 9.05. The van der Waals surface area contributed by atoms with Crippen LogP contribution in [0.1, 0.15) is 30.5 Å². The van der Waals surface area contributed by atoms with Crippen LogP contribution in [-0.2, 0) is 0 Å². The van der Waals surface area contributed by atoms with Gasteiger partial charge in [0.25, 0.3) is 5.89 Å². The Balaban J connectivity index is 1.83. The zero-order valence-electron chi connectivity index (χ0n) is 11.1. The molecule has 1 saturated heterocycles. The second-order valence-corrected chi connectivity index (χ2v) is 8.51. The van der Waals surface area contributed by atoms with Gasteiger partial charge in [0.1, 0.15) is 10.9 Å². The van der Waals surface area contributed by atoms with Crippen LogP contribution in [0.5, 0.6) is 0 Å². The molecule has 0 aromatic carbocycles. The summed E-state index contributed by atoms with van der Waals surface area (Å²) in [5.41, 5.74) is 0.595. The average molecular weight is 323 g/mol. The quantitative estimate of drug-likeness (QED) is 0.833. The Bertz CT molecular complexity index is 645. The molecule has 1 aliphatic heterocycles. The third kappa shape index (κ3) is 2.60. The third-order valence-electron chi connectivity index (χ3n) is 3.26. The van der Waals surface area contributed by atoms with E-state index in [0.29, 0.717) is 22.0 Å². The molecule has 4 nitrogen and oxygen atoms in total. The molecule has 0 N–H and O–H groups in total. The molecule has 0 spiro atoms. The summed E-state index contributed by atoms with van der Waals surface area (Å²) in [5.74, 6) is 2.21. The number of hydrogen-bond donors (Lipinski definition) is 0. The molecule has 0 amide bonds. The minimum atomic E-state index is 0.272. The molecule has 104 valence electrons. The maximum atomic E-state index is 9.05. The lowest BCUT2D eigenvalue weighted by Crippen LogP contribution is -2.22. The fourth-order valence-electron chi connectivity index (χ4n) is 1.94. The van der Waals surface area contributed by atoms with E-state index in [-0.39, 0.29) is 5.25 Å². The van der Waals surface area contributed by atoms with E-state index in [1.54, 1.807) is 6.07 Å². The summed E-state index contributed by atoms with van der Waals surface area (Å²) >= 11 is 5.31. The number of thioether (sulfide) groups is 2. The van der Waals surface area contributed by atoms with Crippen LogP contribution in [0.2, 0.25) is 0 Å². The molecule has 3 rings (SSSR count). The molecule has 0 radical (unpaired) electrons. The van der Waals surface area contributed by atoms with Crippen molar-refractivity contribution in [1.29, 1.82) is 5.26 Å². The molecule has 3 atom stereocenters. The zero-order chi connectivity index (χ0) is 14.1. The molecule has 20 heavy (non-hydrogen) atoms. The van der Waals surface area contributed by atoms with Gasteiger partial charge in [0, 0.05) is 16.3 Å². The average Bonchev–Trinajstić information content (AvgIpc) is 3.09. The number of hydrogen-bond acceptors (Lipinski definition) is 7. The second-order valence-electron chi connectivity index (χ2n) is 4.60. The van der Waals surface area contributed by atoms with E-state index >= 15 is 0 Å². The Morgan fingerprint density at radius 2 is 2.25 bits per heavy atom. The van der Waals surface area contributed by atoms with Crippen LogP contribution in [0.25, 0.3) is 10.8 Å². The van der Waals surface area contributed by atoms with E-state index in [1.807, 2.05) is 28.9 Å². The molecule has 1 aliphatic rings. The molecule has 0 saturated carbocycles. The van der Waals surface area contributed by atoms with E-state index in [0.717, 1.165) is 16.5 Å². The predicted octanol–water partition coefficient (Wildman–Crippen LogP) is 3.97. The van der Waals surface area contributed by atoms with E-state index in [2.05, 4.69) is 30.1 Å². The van der Waals surface area contributed by atoms with Gasteiger partial charge in [-0.3, -0.25) is 0 Å². The van der Waals surface area contributed by atoms with Gasteiger partial charge >= 0.3 is 0 Å². The summed E-state index contributed by atoms with van der Waals surface area (Å²) in [6.45, 7) is 4.49. The first-order valence-electron chi connectivity index (χ1n) is 6.27. The van der Waals surface area contributed by atoms with Crippen molar-refractivity contribution in [2.24, 2.45) is 0 Å². The van der Waals surface area contributed by atoms with Crippen molar-refractivity contribution in [2.75, 3.05) is 5.75 Å². The van der Waals surface area contributed by atoms with Crippen LogP contribution >= 0.6 is 34.9 Å². The summed E-state index contributed by atoms with van der Waals surface area (Å²) in [4.78, 5) is 5.26. The van der Waals surface area contributed by atoms with Gasteiger partial charge in [-0.25, -0.2) is 0 Å². The van der Waals surface area contributed by atoms with Gasteiger partial charge in [-0.2, -0.15) is 22.0 Å². The predicted molar refractivity (Wildman–Crippen MR) is 84.0 cm³/mol. The highest BCUT2D eigenvalue weighted by Crippen LogP contribution is 2.43. The first-order valence-corrected chi connectivity index (χ1v) is 9.14. The lowest BCUT2D eigenvalue weighted by Gasteiger charge is -2.29. The Morgan fingerprint density at radius 3 is 3.00 bits per heavy atom. The third-order valence-corrected chi connectivity index (χ3v) is 7.55. The topological polar surface area (TPSA) is 62.7 Å². The van der Waals surface area contributed by atoms with Crippen molar-refractivity contribution in [3.05, 3.63) is 22.8 Å². The number of thiophene rings is 1. The van der Waals surface area contributed by atoms with Crippen molar-refractivity contribution in [1.82, 2.24) is 10.1 Å². The molecule has 0 bridgehead atoms. The number of aromatic nitrogens is 2. The van der Waals surface area contributed by atoms with Gasteiger partial charge in [-0.15, -0.1) is 23.1 Å². The molecule has 0 aliphatic carbocycles. The summed E-state index contributed by atoms with van der Waals surface area (Å²) in [6.07, 6.45) is 0. The lowest BCUT2D eigenvalue weighted by molar-refractivity contribution is 0.423. The van der Waals surface area contributed by atoms with Crippen molar-refractivity contribution in [3.8, 4) is 16.8 Å². The SMILES string of the molecule is CC1SCC(c2noc(-c3sccc3C#N)n2)SC1C. The van der Waals surface area contributed by atoms with Crippen LogP contribution in [-0.4, -0.2) is 26.4 Å². The van der Waals surface area contributed by atoms with E-state index in [4.69, 9.17) is 9.78 Å². The fraction of sp³-hybridized carbons (Fsp3) is 0.462.